The SMILES string of the molecule is COCCCN1C(=O)C(=O)/C(=C(\O)c2ccc(C)cc2)C1c1ccc(O)cc1. The zero-order valence-corrected chi connectivity index (χ0v) is 15.9. The van der Waals surface area contributed by atoms with Crippen LogP contribution in [0.25, 0.3) is 5.76 Å². The first kappa shape index (κ1) is 19.6. The molecule has 0 bridgehead atoms. The number of aryl methyl sites for hydroxylation is 1. The quantitative estimate of drug-likeness (QED) is 0.347. The maximum Gasteiger partial charge on any atom is 0.295 e. The van der Waals surface area contributed by atoms with Crippen molar-refractivity contribution >= 4 is 17.4 Å². The number of ketones is 1. The molecule has 1 aliphatic rings. The molecule has 1 aliphatic heterocycles. The van der Waals surface area contributed by atoms with Gasteiger partial charge in [0.05, 0.1) is 11.6 Å². The highest BCUT2D eigenvalue weighted by Gasteiger charge is 2.45. The first-order chi connectivity index (χ1) is 13.4. The number of carbonyl (C=O) groups excluding carboxylic acids is 2. The van der Waals surface area contributed by atoms with Crippen LogP contribution in [0.2, 0.25) is 0 Å². The number of methoxy groups -OCH3 is 1. The van der Waals surface area contributed by atoms with Crippen molar-refractivity contribution in [3.63, 3.8) is 0 Å². The highest BCUT2D eigenvalue weighted by Crippen LogP contribution is 2.39. The van der Waals surface area contributed by atoms with Crippen LogP contribution in [0.1, 0.15) is 29.2 Å². The average molecular weight is 381 g/mol. The van der Waals surface area contributed by atoms with E-state index in [1.165, 1.54) is 17.0 Å². The van der Waals surface area contributed by atoms with Crippen LogP contribution in [0.4, 0.5) is 0 Å². The third-order valence-corrected chi connectivity index (χ3v) is 4.82. The van der Waals surface area contributed by atoms with Gasteiger partial charge >= 0.3 is 0 Å². The second-order valence-electron chi connectivity index (χ2n) is 6.80. The zero-order chi connectivity index (χ0) is 20.3. The van der Waals surface area contributed by atoms with Crippen LogP contribution < -0.4 is 0 Å². The Hall–Kier alpha value is -3.12. The van der Waals surface area contributed by atoms with E-state index in [2.05, 4.69) is 0 Å². The number of hydrogen-bond acceptors (Lipinski definition) is 5. The van der Waals surface area contributed by atoms with Gasteiger partial charge in [0.2, 0.25) is 0 Å². The summed E-state index contributed by atoms with van der Waals surface area (Å²) in [5.74, 6) is -1.49. The minimum absolute atomic E-state index is 0.0527. The van der Waals surface area contributed by atoms with Crippen LogP contribution in [-0.2, 0) is 14.3 Å². The van der Waals surface area contributed by atoms with Gasteiger partial charge in [0.15, 0.2) is 0 Å². The molecule has 2 aromatic carbocycles. The summed E-state index contributed by atoms with van der Waals surface area (Å²) < 4.78 is 5.06. The van der Waals surface area contributed by atoms with Crippen LogP contribution in [-0.4, -0.2) is 47.1 Å². The number of aliphatic hydroxyl groups excluding tert-OH is 1. The van der Waals surface area contributed by atoms with Gasteiger partial charge in [-0.1, -0.05) is 42.0 Å². The summed E-state index contributed by atoms with van der Waals surface area (Å²) in [7, 11) is 1.57. The van der Waals surface area contributed by atoms with Crippen LogP contribution in [0.15, 0.2) is 54.1 Å². The minimum Gasteiger partial charge on any atom is -0.508 e. The maximum absolute atomic E-state index is 12.8. The number of phenolic OH excluding ortho intramolecular Hbond substituents is 1. The number of likely N-dealkylation sites (tertiary alicyclic amines) is 1. The Morgan fingerprint density at radius 2 is 1.71 bits per heavy atom. The van der Waals surface area contributed by atoms with Gasteiger partial charge in [-0.15, -0.1) is 0 Å². The topological polar surface area (TPSA) is 87.1 Å². The number of carbonyl (C=O) groups is 2. The normalized spacial score (nSPS) is 18.6. The zero-order valence-electron chi connectivity index (χ0n) is 15.9. The molecule has 146 valence electrons. The van der Waals surface area contributed by atoms with Crippen molar-refractivity contribution in [3.05, 3.63) is 70.8 Å². The molecule has 0 saturated carbocycles. The summed E-state index contributed by atoms with van der Waals surface area (Å²) in [5, 5.41) is 20.5. The average Bonchev–Trinajstić information content (AvgIpc) is 2.94. The minimum atomic E-state index is -0.723. The predicted molar refractivity (Wildman–Crippen MR) is 105 cm³/mol. The van der Waals surface area contributed by atoms with Gasteiger partial charge in [0, 0.05) is 25.8 Å². The first-order valence-corrected chi connectivity index (χ1v) is 9.07. The molecule has 0 radical (unpaired) electrons. The lowest BCUT2D eigenvalue weighted by Crippen LogP contribution is -2.31. The third-order valence-electron chi connectivity index (χ3n) is 4.82. The number of phenols is 1. The molecule has 1 amide bonds. The summed E-state index contributed by atoms with van der Waals surface area (Å²) >= 11 is 0. The molecular weight excluding hydrogens is 358 g/mol. The van der Waals surface area contributed by atoms with Crippen molar-refractivity contribution < 1.29 is 24.5 Å². The molecule has 0 aliphatic carbocycles. The number of aromatic hydroxyl groups is 1. The number of amides is 1. The van der Waals surface area contributed by atoms with E-state index in [-0.39, 0.29) is 17.1 Å². The van der Waals surface area contributed by atoms with Crippen LogP contribution in [0.3, 0.4) is 0 Å². The predicted octanol–water partition coefficient (Wildman–Crippen LogP) is 3.16. The highest BCUT2D eigenvalue weighted by molar-refractivity contribution is 6.46. The Balaban J connectivity index is 2.10. The molecule has 1 atom stereocenters. The molecule has 0 spiro atoms. The van der Waals surface area contributed by atoms with Crippen molar-refractivity contribution in [2.75, 3.05) is 20.3 Å². The van der Waals surface area contributed by atoms with E-state index in [4.69, 9.17) is 4.74 Å². The Morgan fingerprint density at radius 3 is 2.32 bits per heavy atom. The molecule has 1 fully saturated rings. The molecule has 0 aromatic heterocycles. The number of Topliss-reactive ketones (excluding diaryl/α,β-unsaturated/α-hetero) is 1. The van der Waals surface area contributed by atoms with Gasteiger partial charge in [0.25, 0.3) is 11.7 Å². The smallest absolute Gasteiger partial charge is 0.295 e. The van der Waals surface area contributed by atoms with Gasteiger partial charge in [0.1, 0.15) is 11.5 Å². The number of ether oxygens (including phenoxy) is 1. The summed E-state index contributed by atoms with van der Waals surface area (Å²) in [6.07, 6.45) is 0.558. The summed E-state index contributed by atoms with van der Waals surface area (Å²) in [6.45, 7) is 2.69. The van der Waals surface area contributed by atoms with E-state index < -0.39 is 17.7 Å². The van der Waals surface area contributed by atoms with E-state index in [1.807, 2.05) is 19.1 Å². The van der Waals surface area contributed by atoms with E-state index in [0.717, 1.165) is 5.56 Å². The monoisotopic (exact) mass is 381 g/mol. The van der Waals surface area contributed by atoms with Gasteiger partial charge < -0.3 is 19.8 Å². The molecule has 1 saturated heterocycles. The van der Waals surface area contributed by atoms with Crippen molar-refractivity contribution in [1.29, 1.82) is 0 Å². The summed E-state index contributed by atoms with van der Waals surface area (Å²) in [6, 6.07) is 12.7. The molecule has 3 rings (SSSR count). The molecular formula is C22H23NO5. The van der Waals surface area contributed by atoms with Crippen LogP contribution >= 0.6 is 0 Å². The van der Waals surface area contributed by atoms with Crippen LogP contribution in [0, 0.1) is 6.92 Å². The first-order valence-electron chi connectivity index (χ1n) is 9.07. The van der Waals surface area contributed by atoms with Crippen molar-refractivity contribution in [2.45, 2.75) is 19.4 Å². The molecule has 1 unspecified atom stereocenters. The summed E-state index contributed by atoms with van der Waals surface area (Å²) in [4.78, 5) is 26.9. The van der Waals surface area contributed by atoms with Gasteiger partial charge in [-0.3, -0.25) is 9.59 Å². The Morgan fingerprint density at radius 1 is 1.07 bits per heavy atom. The number of hydrogen-bond donors (Lipinski definition) is 2. The molecule has 1 heterocycles. The standard InChI is InChI=1S/C22H23NO5/c1-14-4-6-16(7-5-14)20(25)18-19(15-8-10-17(24)11-9-15)23(12-3-13-28-2)22(27)21(18)26/h4-11,19,24-25H,3,12-13H2,1-2H3/b20-18-. The number of aliphatic hydroxyl groups is 1. The fourth-order valence-electron chi connectivity index (χ4n) is 3.36. The largest absolute Gasteiger partial charge is 0.508 e. The lowest BCUT2D eigenvalue weighted by Gasteiger charge is -2.25. The molecule has 6 heteroatoms. The van der Waals surface area contributed by atoms with E-state index in [1.54, 1.807) is 31.4 Å². The Bertz CT molecular complexity index is 900. The molecule has 2 N–H and O–H groups in total. The van der Waals surface area contributed by atoms with Crippen LogP contribution in [0.5, 0.6) is 5.75 Å². The Labute approximate surface area is 163 Å². The molecule has 2 aromatic rings. The van der Waals surface area contributed by atoms with Gasteiger partial charge in [-0.05, 0) is 31.0 Å². The third kappa shape index (κ3) is 3.77. The number of nitrogens with zero attached hydrogens (tertiary/aromatic N) is 1. The fourth-order valence-corrected chi connectivity index (χ4v) is 3.36. The number of rotatable bonds is 6. The van der Waals surface area contributed by atoms with Crippen molar-refractivity contribution in [3.8, 4) is 5.75 Å². The lowest BCUT2D eigenvalue weighted by atomic mass is 9.95. The lowest BCUT2D eigenvalue weighted by molar-refractivity contribution is -0.140. The van der Waals surface area contributed by atoms with Gasteiger partial charge in [-0.2, -0.15) is 0 Å². The van der Waals surface area contributed by atoms with Crippen molar-refractivity contribution in [1.82, 2.24) is 4.90 Å². The summed E-state index contributed by atoms with van der Waals surface area (Å²) in [5.41, 5.74) is 2.19. The fraction of sp³-hybridized carbons (Fsp3) is 0.273. The van der Waals surface area contributed by atoms with E-state index in [9.17, 15) is 19.8 Å². The van der Waals surface area contributed by atoms with E-state index >= 15 is 0 Å². The Kier molecular flexibility index (Phi) is 5.80. The maximum atomic E-state index is 12.8. The second-order valence-corrected chi connectivity index (χ2v) is 6.80. The molecule has 28 heavy (non-hydrogen) atoms. The van der Waals surface area contributed by atoms with Crippen molar-refractivity contribution in [2.24, 2.45) is 0 Å². The van der Waals surface area contributed by atoms with E-state index in [0.29, 0.717) is 30.7 Å². The second kappa shape index (κ2) is 8.27. The number of benzene rings is 2. The highest BCUT2D eigenvalue weighted by atomic mass is 16.5. The molecule has 6 nitrogen and oxygen atoms in total. The van der Waals surface area contributed by atoms with Gasteiger partial charge in [-0.25, -0.2) is 0 Å².